The summed E-state index contributed by atoms with van der Waals surface area (Å²) in [4.78, 5) is 0. The monoisotopic (exact) mass is 286 g/mol. The van der Waals surface area contributed by atoms with Gasteiger partial charge in [0.05, 0.1) is 6.10 Å². The first kappa shape index (κ1) is 10.6. The van der Waals surface area contributed by atoms with Gasteiger partial charge in [-0.05, 0) is 0 Å². The Morgan fingerprint density at radius 2 is 1.58 bits per heavy atom. The van der Waals surface area contributed by atoms with E-state index in [9.17, 15) is 10.2 Å². The Labute approximate surface area is 83.1 Å². The molecule has 1 fully saturated rings. The Balaban J connectivity index is 2.63. The normalized spacial score (nSPS) is 49.2. The molecule has 0 radical (unpaired) electrons. The van der Waals surface area contributed by atoms with Crippen molar-refractivity contribution in [2.24, 2.45) is 0 Å². The molecule has 1 aliphatic rings. The Kier molecular flexibility index (Phi) is 3.68. The van der Waals surface area contributed by atoms with Crippen LogP contribution in [0.25, 0.3) is 0 Å². The van der Waals surface area contributed by atoms with Crippen molar-refractivity contribution in [2.45, 2.75) is 30.7 Å². The van der Waals surface area contributed by atoms with Gasteiger partial charge in [-0.3, -0.25) is 0 Å². The van der Waals surface area contributed by atoms with Crippen LogP contribution in [0.3, 0.4) is 0 Å². The van der Waals surface area contributed by atoms with Crippen LogP contribution in [-0.4, -0.2) is 55.6 Å². The van der Waals surface area contributed by atoms with Crippen LogP contribution in [0.4, 0.5) is 0 Å². The number of hydrogen-bond acceptors (Lipinski definition) is 5. The summed E-state index contributed by atoms with van der Waals surface area (Å²) in [5, 5.41) is 36.5. The third-order valence-corrected chi connectivity index (χ3v) is 2.71. The topological polar surface area (TPSA) is 90.2 Å². The van der Waals surface area contributed by atoms with Gasteiger partial charge in [-0.25, -0.2) is 0 Å². The molecular weight excluding hydrogens is 275 g/mol. The lowest BCUT2D eigenvalue weighted by molar-refractivity contribution is -0.275. The van der Waals surface area contributed by atoms with Gasteiger partial charge in [-0.15, -0.1) is 0 Å². The average molecular weight is 286 g/mol. The summed E-state index contributed by atoms with van der Waals surface area (Å²) in [6.07, 6.45) is -5.95. The zero-order valence-electron chi connectivity index (χ0n) is 6.17. The van der Waals surface area contributed by atoms with Crippen LogP contribution in [0.5, 0.6) is 0 Å². The lowest BCUT2D eigenvalue weighted by atomic mass is 10.0. The molecule has 0 amide bonds. The predicted octanol–water partition coefficient (Wildman–Crippen LogP) is -1.78. The summed E-state index contributed by atoms with van der Waals surface area (Å²) in [5.74, 6) is 0. The van der Waals surface area contributed by atoms with Crippen LogP contribution in [0.15, 0.2) is 0 Å². The minimum atomic E-state index is -1.43. The number of rotatable bonds is 1. The van der Waals surface area contributed by atoms with Gasteiger partial charge in [0.2, 0.25) is 0 Å². The Hall–Kier alpha value is 0.530. The van der Waals surface area contributed by atoms with E-state index in [0.717, 1.165) is 0 Å². The quantitative estimate of drug-likeness (QED) is 0.338. The van der Waals surface area contributed by atoms with Crippen molar-refractivity contribution in [3.63, 3.8) is 0 Å². The highest BCUT2D eigenvalue weighted by Gasteiger charge is 2.42. The van der Waals surface area contributed by atoms with Crippen LogP contribution in [0, 0.1) is 0 Å². The van der Waals surface area contributed by atoms with Crippen LogP contribution >= 0.6 is 22.6 Å². The van der Waals surface area contributed by atoms with Crippen LogP contribution in [0.1, 0.15) is 0 Å². The highest BCUT2D eigenvalue weighted by atomic mass is 123. The maximum Gasteiger partial charge on any atom is 0.183 e. The number of halogens is 1. The van der Waals surface area contributed by atoms with Crippen LogP contribution in [-0.2, 0) is 4.74 Å². The van der Waals surface area contributed by atoms with Crippen LogP contribution in [0.2, 0.25) is 0 Å². The molecule has 6 heteroatoms. The van der Waals surface area contributed by atoms with Crippen molar-refractivity contribution in [3.8, 4) is 0 Å². The first-order valence-corrected chi connectivity index (χ1v) is 5.04. The molecule has 0 aromatic carbocycles. The molecule has 1 unspecified atom stereocenters. The second-order valence-corrected chi connectivity index (χ2v) is 3.57. The van der Waals surface area contributed by atoms with E-state index in [-0.39, 0.29) is 0 Å². The van der Waals surface area contributed by atoms with E-state index < -0.39 is 30.7 Å². The van der Waals surface area contributed by atoms with Gasteiger partial charge < -0.3 is 25.2 Å². The van der Waals surface area contributed by atoms with Crippen molar-refractivity contribution in [2.75, 3.05) is 4.43 Å². The molecular formula is C6H11IO5. The lowest BCUT2D eigenvalue weighted by Crippen LogP contribution is -2.57. The second kappa shape index (κ2) is 4.16. The zero-order chi connectivity index (χ0) is 9.30. The Bertz CT molecular complexity index is 150. The minimum Gasteiger partial charge on any atom is -0.388 e. The summed E-state index contributed by atoms with van der Waals surface area (Å²) in [5.41, 5.74) is 0. The fraction of sp³-hybridized carbons (Fsp3) is 1.00. The summed E-state index contributed by atoms with van der Waals surface area (Å²) in [7, 11) is 0. The molecule has 0 aromatic heterocycles. The minimum absolute atomic E-state index is 0.444. The third kappa shape index (κ3) is 1.88. The van der Waals surface area contributed by atoms with E-state index >= 15 is 0 Å². The molecule has 4 N–H and O–H groups in total. The second-order valence-electron chi connectivity index (χ2n) is 2.69. The molecule has 1 aliphatic heterocycles. The van der Waals surface area contributed by atoms with Gasteiger partial charge in [0, 0.05) is 4.43 Å². The molecule has 0 saturated carbocycles. The molecule has 1 saturated heterocycles. The molecule has 1 rings (SSSR count). The van der Waals surface area contributed by atoms with E-state index in [1.165, 1.54) is 0 Å². The Morgan fingerprint density at radius 1 is 1.00 bits per heavy atom. The fourth-order valence-electron chi connectivity index (χ4n) is 1.06. The van der Waals surface area contributed by atoms with E-state index in [2.05, 4.69) is 0 Å². The van der Waals surface area contributed by atoms with E-state index in [4.69, 9.17) is 14.9 Å². The molecule has 12 heavy (non-hydrogen) atoms. The van der Waals surface area contributed by atoms with Crippen molar-refractivity contribution < 1.29 is 25.2 Å². The van der Waals surface area contributed by atoms with Crippen LogP contribution < -0.4 is 0 Å². The molecule has 5 nitrogen and oxygen atoms in total. The predicted molar refractivity (Wildman–Crippen MR) is 47.8 cm³/mol. The van der Waals surface area contributed by atoms with Gasteiger partial charge >= 0.3 is 0 Å². The molecule has 0 aromatic rings. The SMILES string of the molecule is OC1O[C@H](C[123I])[C@@H](O)[C@H](O)[C@H]1O. The summed E-state index contributed by atoms with van der Waals surface area (Å²) < 4.78 is 5.26. The number of alkyl halides is 1. The summed E-state index contributed by atoms with van der Waals surface area (Å²) >= 11 is 1.96. The van der Waals surface area contributed by atoms with Crippen molar-refractivity contribution in [3.05, 3.63) is 0 Å². The molecule has 5 atom stereocenters. The summed E-state index contributed by atoms with van der Waals surface area (Å²) in [6, 6.07) is 0. The molecule has 72 valence electrons. The first-order valence-electron chi connectivity index (χ1n) is 3.51. The number of aliphatic hydroxyl groups is 4. The maximum absolute atomic E-state index is 9.27. The van der Waals surface area contributed by atoms with Crippen molar-refractivity contribution in [1.82, 2.24) is 0 Å². The fourth-order valence-corrected chi connectivity index (χ4v) is 1.79. The number of ether oxygens (including phenoxy) is 1. The smallest absolute Gasteiger partial charge is 0.183 e. The molecule has 0 spiro atoms. The zero-order valence-corrected chi connectivity index (χ0v) is 8.33. The summed E-state index contributed by atoms with van der Waals surface area (Å²) in [6.45, 7) is 0. The third-order valence-electron chi connectivity index (χ3n) is 1.84. The van der Waals surface area contributed by atoms with Gasteiger partial charge in [0.25, 0.3) is 0 Å². The van der Waals surface area contributed by atoms with Gasteiger partial charge in [-0.1, -0.05) is 22.6 Å². The number of aliphatic hydroxyl groups excluding tert-OH is 4. The Morgan fingerprint density at radius 3 is 2.08 bits per heavy atom. The highest BCUT2D eigenvalue weighted by Crippen LogP contribution is 2.20. The number of hydrogen-bond donors (Lipinski definition) is 4. The van der Waals surface area contributed by atoms with E-state index in [1.54, 1.807) is 0 Å². The van der Waals surface area contributed by atoms with Gasteiger partial charge in [-0.2, -0.15) is 0 Å². The molecule has 0 aliphatic carbocycles. The van der Waals surface area contributed by atoms with E-state index in [0.29, 0.717) is 4.43 Å². The highest BCUT2D eigenvalue weighted by molar-refractivity contribution is 14.1. The first-order chi connectivity index (χ1) is 5.57. The largest absolute Gasteiger partial charge is 0.388 e. The lowest BCUT2D eigenvalue weighted by Gasteiger charge is -2.37. The standard InChI is InChI=1S/C6H11IO5/c7-1-2-3(8)4(9)5(10)6(11)12-2/h2-6,8-11H,1H2/t2-,3-,4+,5-,6?/m1/s1/i7-4. The van der Waals surface area contributed by atoms with E-state index in [1.807, 2.05) is 22.6 Å². The maximum atomic E-state index is 9.27. The molecule has 1 heterocycles. The average Bonchev–Trinajstić information content (AvgIpc) is 2.08. The van der Waals surface area contributed by atoms with Gasteiger partial charge in [0.15, 0.2) is 6.29 Å². The van der Waals surface area contributed by atoms with Crippen molar-refractivity contribution >= 4 is 22.6 Å². The molecule has 0 bridgehead atoms. The van der Waals surface area contributed by atoms with Gasteiger partial charge in [0.1, 0.15) is 18.3 Å². The van der Waals surface area contributed by atoms with Crippen molar-refractivity contribution in [1.29, 1.82) is 0 Å².